The molecule has 3 aromatic carbocycles. The summed E-state index contributed by atoms with van der Waals surface area (Å²) in [5.41, 5.74) is 11.3. The Balaban J connectivity index is 1.52. The van der Waals surface area contributed by atoms with Crippen LogP contribution in [-0.2, 0) is 0 Å². The van der Waals surface area contributed by atoms with Crippen molar-refractivity contribution in [2.45, 2.75) is 25.8 Å². The molecule has 0 unspecified atom stereocenters. The van der Waals surface area contributed by atoms with Crippen LogP contribution in [-0.4, -0.2) is 36.6 Å². The van der Waals surface area contributed by atoms with E-state index in [1.54, 1.807) is 0 Å². The summed E-state index contributed by atoms with van der Waals surface area (Å²) in [5.74, 6) is 0.670. The van der Waals surface area contributed by atoms with Crippen LogP contribution in [0.4, 0.5) is 11.4 Å². The normalized spacial score (nSPS) is 15.5. The highest BCUT2D eigenvalue weighted by molar-refractivity contribution is 6.08. The number of carbonyl (C=O) groups excluding carboxylic acids is 1. The first-order valence-corrected chi connectivity index (χ1v) is 11.9. The van der Waals surface area contributed by atoms with Gasteiger partial charge >= 0.3 is 0 Å². The quantitative estimate of drug-likeness (QED) is 0.340. The van der Waals surface area contributed by atoms with E-state index >= 15 is 0 Å². The standard InChI is InChI=1S/C28H30N4O2/c1-19-12-15-32(26-6-3-2-5-25(26)31-19)28(33)22-7-9-23(27(18-22)34-16-4-13-29)20-8-10-24-21(17-20)11-14-30-24/h2-3,5-11,14,17-19,30-31H,4,12-13,15-16,29H2,1H3/t19-/m1/s1. The summed E-state index contributed by atoms with van der Waals surface area (Å²) in [5, 5.41) is 4.65. The summed E-state index contributed by atoms with van der Waals surface area (Å²) in [6.45, 7) is 3.85. The molecule has 0 aliphatic carbocycles. The molecule has 34 heavy (non-hydrogen) atoms. The van der Waals surface area contributed by atoms with Crippen molar-refractivity contribution < 1.29 is 9.53 Å². The number of nitrogens with two attached hydrogens (primary N) is 1. The Morgan fingerprint density at radius 3 is 2.88 bits per heavy atom. The summed E-state index contributed by atoms with van der Waals surface area (Å²) in [6, 6.07) is 22.4. The number of nitrogens with zero attached hydrogens (tertiary/aromatic N) is 1. The molecule has 1 aliphatic heterocycles. The number of rotatable bonds is 6. The highest BCUT2D eigenvalue weighted by Gasteiger charge is 2.25. The van der Waals surface area contributed by atoms with Gasteiger partial charge in [0.05, 0.1) is 18.0 Å². The number of hydrogen-bond acceptors (Lipinski definition) is 4. The lowest BCUT2D eigenvalue weighted by Crippen LogP contribution is -2.32. The Hall–Kier alpha value is -3.77. The van der Waals surface area contributed by atoms with Crippen molar-refractivity contribution in [3.05, 3.63) is 78.5 Å². The molecule has 6 heteroatoms. The van der Waals surface area contributed by atoms with E-state index in [-0.39, 0.29) is 5.91 Å². The predicted octanol–water partition coefficient (Wildman–Crippen LogP) is 5.41. The number of aromatic nitrogens is 1. The number of fused-ring (bicyclic) bond motifs is 2. The van der Waals surface area contributed by atoms with Gasteiger partial charge < -0.3 is 25.7 Å². The van der Waals surface area contributed by atoms with Crippen LogP contribution in [0.2, 0.25) is 0 Å². The molecule has 0 radical (unpaired) electrons. The van der Waals surface area contributed by atoms with Crippen LogP contribution >= 0.6 is 0 Å². The minimum Gasteiger partial charge on any atom is -0.493 e. The van der Waals surface area contributed by atoms with E-state index < -0.39 is 0 Å². The molecule has 4 aromatic rings. The number of nitrogens with one attached hydrogen (secondary N) is 2. The van der Waals surface area contributed by atoms with Crippen molar-refractivity contribution >= 4 is 28.2 Å². The molecule has 0 saturated heterocycles. The monoisotopic (exact) mass is 454 g/mol. The fourth-order valence-corrected chi connectivity index (χ4v) is 4.48. The van der Waals surface area contributed by atoms with E-state index in [0.717, 1.165) is 46.2 Å². The van der Waals surface area contributed by atoms with Gasteiger partial charge in [0.1, 0.15) is 5.75 Å². The van der Waals surface area contributed by atoms with Crippen molar-refractivity contribution in [2.75, 3.05) is 29.9 Å². The van der Waals surface area contributed by atoms with Gasteiger partial charge in [0.15, 0.2) is 0 Å². The van der Waals surface area contributed by atoms with Gasteiger partial charge in [-0.25, -0.2) is 0 Å². The molecule has 2 heterocycles. The fourth-order valence-electron chi connectivity index (χ4n) is 4.48. The van der Waals surface area contributed by atoms with E-state index in [9.17, 15) is 4.79 Å². The number of hydrogen-bond donors (Lipinski definition) is 3. The number of carbonyl (C=O) groups is 1. The van der Waals surface area contributed by atoms with Gasteiger partial charge in [-0.05, 0) is 85.8 Å². The minimum absolute atomic E-state index is 0.0281. The van der Waals surface area contributed by atoms with Crippen molar-refractivity contribution in [1.29, 1.82) is 0 Å². The van der Waals surface area contributed by atoms with Crippen LogP contribution in [0.1, 0.15) is 30.1 Å². The van der Waals surface area contributed by atoms with E-state index in [4.69, 9.17) is 10.5 Å². The average molecular weight is 455 g/mol. The van der Waals surface area contributed by atoms with Gasteiger partial charge in [-0.15, -0.1) is 0 Å². The smallest absolute Gasteiger partial charge is 0.258 e. The third kappa shape index (κ3) is 4.37. The molecular weight excluding hydrogens is 424 g/mol. The second-order valence-corrected chi connectivity index (χ2v) is 8.79. The average Bonchev–Trinajstić information content (AvgIpc) is 3.26. The van der Waals surface area contributed by atoms with Crippen LogP contribution in [0.15, 0.2) is 72.9 Å². The largest absolute Gasteiger partial charge is 0.493 e. The maximum Gasteiger partial charge on any atom is 0.258 e. The molecule has 0 bridgehead atoms. The van der Waals surface area contributed by atoms with Crippen molar-refractivity contribution in [3.63, 3.8) is 0 Å². The third-order valence-electron chi connectivity index (χ3n) is 6.33. The Morgan fingerprint density at radius 2 is 2.00 bits per heavy atom. The van der Waals surface area contributed by atoms with E-state index in [2.05, 4.69) is 41.5 Å². The van der Waals surface area contributed by atoms with Gasteiger partial charge in [-0.2, -0.15) is 0 Å². The molecule has 174 valence electrons. The Labute approximate surface area is 199 Å². The topological polar surface area (TPSA) is 83.4 Å². The summed E-state index contributed by atoms with van der Waals surface area (Å²) in [4.78, 5) is 18.8. The lowest BCUT2D eigenvalue weighted by molar-refractivity contribution is 0.0986. The lowest BCUT2D eigenvalue weighted by Gasteiger charge is -2.23. The van der Waals surface area contributed by atoms with Gasteiger partial charge in [-0.1, -0.05) is 18.2 Å². The fraction of sp³-hybridized carbons (Fsp3) is 0.250. The van der Waals surface area contributed by atoms with E-state index in [1.165, 1.54) is 0 Å². The van der Waals surface area contributed by atoms with Gasteiger partial charge in [0.25, 0.3) is 5.91 Å². The zero-order valence-electron chi connectivity index (χ0n) is 19.4. The van der Waals surface area contributed by atoms with Gasteiger partial charge in [-0.3, -0.25) is 4.79 Å². The first-order chi connectivity index (χ1) is 16.6. The Kier molecular flexibility index (Phi) is 6.23. The number of ether oxygens (including phenoxy) is 1. The summed E-state index contributed by atoms with van der Waals surface area (Å²) in [6.07, 6.45) is 3.55. The van der Waals surface area contributed by atoms with E-state index in [0.29, 0.717) is 37.1 Å². The Bertz CT molecular complexity index is 1310. The molecule has 1 amide bonds. The molecule has 1 aromatic heterocycles. The van der Waals surface area contributed by atoms with Gasteiger partial charge in [0, 0.05) is 35.4 Å². The van der Waals surface area contributed by atoms with Crippen molar-refractivity contribution in [1.82, 2.24) is 4.98 Å². The summed E-state index contributed by atoms with van der Waals surface area (Å²) >= 11 is 0. The first kappa shape index (κ1) is 22.0. The molecule has 0 spiro atoms. The van der Waals surface area contributed by atoms with Crippen LogP contribution in [0.5, 0.6) is 5.75 Å². The molecule has 1 aliphatic rings. The SMILES string of the molecule is C[C@@H]1CCN(C(=O)c2ccc(-c3ccc4[nH]ccc4c3)c(OCCCN)c2)c2ccccc2N1. The molecule has 0 fully saturated rings. The second-order valence-electron chi connectivity index (χ2n) is 8.79. The molecule has 1 atom stereocenters. The molecule has 0 saturated carbocycles. The molecule has 4 N–H and O–H groups in total. The van der Waals surface area contributed by atoms with Crippen LogP contribution in [0.3, 0.4) is 0 Å². The van der Waals surface area contributed by atoms with Gasteiger partial charge in [0.2, 0.25) is 0 Å². The maximum absolute atomic E-state index is 13.7. The van der Waals surface area contributed by atoms with E-state index in [1.807, 2.05) is 53.6 Å². The molecular formula is C28H30N4O2. The van der Waals surface area contributed by atoms with Crippen LogP contribution < -0.4 is 20.7 Å². The number of amides is 1. The summed E-state index contributed by atoms with van der Waals surface area (Å²) < 4.78 is 6.14. The third-order valence-corrected chi connectivity index (χ3v) is 6.33. The van der Waals surface area contributed by atoms with Crippen molar-refractivity contribution in [3.8, 4) is 16.9 Å². The number of anilines is 2. The zero-order chi connectivity index (χ0) is 23.5. The molecule has 6 nitrogen and oxygen atoms in total. The highest BCUT2D eigenvalue weighted by Crippen LogP contribution is 2.35. The number of benzene rings is 3. The predicted molar refractivity (Wildman–Crippen MR) is 139 cm³/mol. The van der Waals surface area contributed by atoms with Crippen LogP contribution in [0.25, 0.3) is 22.0 Å². The van der Waals surface area contributed by atoms with Crippen molar-refractivity contribution in [2.24, 2.45) is 5.73 Å². The zero-order valence-corrected chi connectivity index (χ0v) is 19.4. The Morgan fingerprint density at radius 1 is 1.12 bits per heavy atom. The number of H-pyrrole nitrogens is 1. The minimum atomic E-state index is -0.0281. The molecule has 5 rings (SSSR count). The number of aromatic amines is 1. The lowest BCUT2D eigenvalue weighted by atomic mass is 10.0. The first-order valence-electron chi connectivity index (χ1n) is 11.9. The summed E-state index contributed by atoms with van der Waals surface area (Å²) in [7, 11) is 0. The highest BCUT2D eigenvalue weighted by atomic mass is 16.5. The second kappa shape index (κ2) is 9.61. The van der Waals surface area contributed by atoms with Crippen LogP contribution in [0, 0.1) is 0 Å². The maximum atomic E-state index is 13.7. The number of para-hydroxylation sites is 2.